The first-order chi connectivity index (χ1) is 11.7. The number of phenols is 1. The Hall–Kier alpha value is -2.85. The summed E-state index contributed by atoms with van der Waals surface area (Å²) in [6.45, 7) is 0. The van der Waals surface area contributed by atoms with E-state index in [0.717, 1.165) is 32.7 Å². The number of fused-ring (bicyclic) bond motifs is 2. The number of thiophene rings is 1. The van der Waals surface area contributed by atoms with Gasteiger partial charge in [-0.25, -0.2) is 0 Å². The summed E-state index contributed by atoms with van der Waals surface area (Å²) in [6.07, 6.45) is 2.03. The van der Waals surface area contributed by atoms with Crippen LogP contribution in [0.15, 0.2) is 53.9 Å². The third-order valence-corrected chi connectivity index (χ3v) is 5.08. The zero-order valence-electron chi connectivity index (χ0n) is 12.9. The minimum atomic E-state index is 0.0716. The Bertz CT molecular complexity index is 982. The first-order valence-electron chi connectivity index (χ1n) is 7.49. The monoisotopic (exact) mass is 334 g/mol. The van der Waals surface area contributed by atoms with E-state index in [9.17, 15) is 9.90 Å². The van der Waals surface area contributed by atoms with Crippen LogP contribution in [0.3, 0.4) is 0 Å². The highest BCUT2D eigenvalue weighted by Gasteiger charge is 2.27. The van der Waals surface area contributed by atoms with Gasteiger partial charge in [-0.15, -0.1) is 11.3 Å². The molecule has 0 unspecified atom stereocenters. The quantitative estimate of drug-likeness (QED) is 0.583. The second-order valence-electron chi connectivity index (χ2n) is 5.53. The Morgan fingerprint density at radius 1 is 1.04 bits per heavy atom. The second-order valence-corrected chi connectivity index (χ2v) is 6.44. The van der Waals surface area contributed by atoms with E-state index >= 15 is 0 Å². The van der Waals surface area contributed by atoms with Gasteiger partial charge in [0.15, 0.2) is 17.3 Å². The molecule has 0 atom stereocenters. The number of methoxy groups -OCH3 is 1. The van der Waals surface area contributed by atoms with Gasteiger partial charge in [-0.2, -0.15) is 0 Å². The van der Waals surface area contributed by atoms with Gasteiger partial charge in [-0.1, -0.05) is 30.3 Å². The minimum Gasteiger partial charge on any atom is -0.504 e. The van der Waals surface area contributed by atoms with Gasteiger partial charge < -0.3 is 9.84 Å². The van der Waals surface area contributed by atoms with Gasteiger partial charge in [0.25, 0.3) is 0 Å². The molecule has 1 N–H and O–H groups in total. The standard InChI is InChI=1S/C20H14O3S/c1-23-18-11-12(6-7-17(18)21)10-16-13-4-2-3-5-14(13)19(22)15-8-9-24-20(15)16/h2-11,21H,1H3/b16-10-. The van der Waals surface area contributed by atoms with Crippen LogP contribution in [0.5, 0.6) is 11.5 Å². The Balaban J connectivity index is 1.93. The van der Waals surface area contributed by atoms with Crippen molar-refractivity contribution in [3.05, 3.63) is 81.0 Å². The lowest BCUT2D eigenvalue weighted by molar-refractivity contribution is 0.103. The molecule has 0 spiro atoms. The maximum absolute atomic E-state index is 12.6. The highest BCUT2D eigenvalue weighted by Crippen LogP contribution is 2.40. The number of hydrogen-bond donors (Lipinski definition) is 1. The van der Waals surface area contributed by atoms with E-state index in [1.807, 2.05) is 47.9 Å². The van der Waals surface area contributed by atoms with Crippen LogP contribution in [0, 0.1) is 0 Å². The lowest BCUT2D eigenvalue weighted by Gasteiger charge is -2.18. The van der Waals surface area contributed by atoms with E-state index < -0.39 is 0 Å². The lowest BCUT2D eigenvalue weighted by Crippen LogP contribution is -2.11. The topological polar surface area (TPSA) is 46.5 Å². The van der Waals surface area contributed by atoms with E-state index in [0.29, 0.717) is 5.75 Å². The molecule has 2 aromatic carbocycles. The molecule has 0 saturated heterocycles. The first-order valence-corrected chi connectivity index (χ1v) is 8.37. The lowest BCUT2D eigenvalue weighted by atomic mass is 9.85. The predicted octanol–water partition coefficient (Wildman–Crippen LogP) is 4.60. The van der Waals surface area contributed by atoms with Gasteiger partial charge in [0.2, 0.25) is 0 Å². The number of carbonyl (C=O) groups is 1. The van der Waals surface area contributed by atoms with Crippen molar-refractivity contribution in [1.82, 2.24) is 0 Å². The van der Waals surface area contributed by atoms with Crippen LogP contribution in [0.4, 0.5) is 0 Å². The number of hydrogen-bond acceptors (Lipinski definition) is 4. The van der Waals surface area contributed by atoms with Crippen LogP contribution in [-0.2, 0) is 0 Å². The molecule has 0 bridgehead atoms. The van der Waals surface area contributed by atoms with E-state index in [2.05, 4.69) is 0 Å². The minimum absolute atomic E-state index is 0.0716. The molecule has 1 aliphatic carbocycles. The normalized spacial score (nSPS) is 14.4. The van der Waals surface area contributed by atoms with Gasteiger partial charge in [0.1, 0.15) is 0 Å². The summed E-state index contributed by atoms with van der Waals surface area (Å²) in [5, 5.41) is 11.7. The number of benzene rings is 2. The summed E-state index contributed by atoms with van der Waals surface area (Å²) >= 11 is 1.56. The van der Waals surface area contributed by atoms with E-state index in [-0.39, 0.29) is 11.5 Å². The molecule has 3 aromatic rings. The largest absolute Gasteiger partial charge is 0.504 e. The van der Waals surface area contributed by atoms with Crippen molar-refractivity contribution in [2.75, 3.05) is 7.11 Å². The average Bonchev–Trinajstić information content (AvgIpc) is 3.10. The third kappa shape index (κ3) is 2.23. The maximum Gasteiger partial charge on any atom is 0.195 e. The van der Waals surface area contributed by atoms with Crippen LogP contribution in [-0.4, -0.2) is 18.0 Å². The summed E-state index contributed by atoms with van der Waals surface area (Å²) < 4.78 is 5.19. The molecule has 118 valence electrons. The van der Waals surface area contributed by atoms with Crippen molar-refractivity contribution in [2.24, 2.45) is 0 Å². The van der Waals surface area contributed by atoms with Crippen LogP contribution >= 0.6 is 11.3 Å². The molecule has 1 heterocycles. The zero-order chi connectivity index (χ0) is 16.7. The van der Waals surface area contributed by atoms with Gasteiger partial charge >= 0.3 is 0 Å². The van der Waals surface area contributed by atoms with Crippen LogP contribution in [0.2, 0.25) is 0 Å². The van der Waals surface area contributed by atoms with Gasteiger partial charge in [-0.05, 0) is 40.8 Å². The molecule has 0 aliphatic heterocycles. The summed E-state index contributed by atoms with van der Waals surface area (Å²) in [5.41, 5.74) is 4.33. The van der Waals surface area contributed by atoms with E-state index in [1.54, 1.807) is 23.5 Å². The molecule has 24 heavy (non-hydrogen) atoms. The van der Waals surface area contributed by atoms with Crippen molar-refractivity contribution in [1.29, 1.82) is 0 Å². The van der Waals surface area contributed by atoms with Crippen molar-refractivity contribution in [2.45, 2.75) is 0 Å². The van der Waals surface area contributed by atoms with Crippen molar-refractivity contribution in [3.63, 3.8) is 0 Å². The molecule has 0 radical (unpaired) electrons. The van der Waals surface area contributed by atoms with Gasteiger partial charge in [0, 0.05) is 21.6 Å². The van der Waals surface area contributed by atoms with Crippen LogP contribution in [0.25, 0.3) is 11.6 Å². The van der Waals surface area contributed by atoms with E-state index in [1.165, 1.54) is 7.11 Å². The smallest absolute Gasteiger partial charge is 0.195 e. The van der Waals surface area contributed by atoms with Crippen LogP contribution in [0.1, 0.15) is 31.9 Å². The summed E-state index contributed by atoms with van der Waals surface area (Å²) in [5.74, 6) is 0.605. The fraction of sp³-hybridized carbons (Fsp3) is 0.0500. The van der Waals surface area contributed by atoms with Crippen LogP contribution < -0.4 is 4.74 Å². The number of ketones is 1. The Morgan fingerprint density at radius 3 is 2.62 bits per heavy atom. The zero-order valence-corrected chi connectivity index (χ0v) is 13.8. The molecule has 1 aromatic heterocycles. The molecule has 0 saturated carbocycles. The fourth-order valence-electron chi connectivity index (χ4n) is 2.97. The number of rotatable bonds is 2. The molecule has 1 aliphatic rings. The molecule has 4 rings (SSSR count). The predicted molar refractivity (Wildman–Crippen MR) is 95.8 cm³/mol. The fourth-order valence-corrected chi connectivity index (χ4v) is 3.90. The first kappa shape index (κ1) is 14.7. The summed E-state index contributed by atoms with van der Waals surface area (Å²) in [4.78, 5) is 13.6. The highest BCUT2D eigenvalue weighted by molar-refractivity contribution is 7.11. The average molecular weight is 334 g/mol. The molecular weight excluding hydrogens is 320 g/mol. The second kappa shape index (κ2) is 5.65. The number of phenolic OH excluding ortho intramolecular Hbond substituents is 1. The summed E-state index contributed by atoms with van der Waals surface area (Å²) in [6, 6.07) is 14.8. The molecule has 4 heteroatoms. The molecule has 0 fully saturated rings. The molecular formula is C20H14O3S. The SMILES string of the molecule is COc1cc(/C=C2/c3ccccc3C(=O)c3ccsc32)ccc1O. The number of aromatic hydroxyl groups is 1. The van der Waals surface area contributed by atoms with Crippen molar-refractivity contribution in [3.8, 4) is 11.5 Å². The maximum atomic E-state index is 12.6. The Morgan fingerprint density at radius 2 is 1.83 bits per heavy atom. The van der Waals surface area contributed by atoms with Crippen molar-refractivity contribution < 1.29 is 14.6 Å². The van der Waals surface area contributed by atoms with Gasteiger partial charge in [0.05, 0.1) is 7.11 Å². The molecule has 3 nitrogen and oxygen atoms in total. The Kier molecular flexibility index (Phi) is 3.47. The van der Waals surface area contributed by atoms with Crippen molar-refractivity contribution >= 4 is 28.8 Å². The van der Waals surface area contributed by atoms with Gasteiger partial charge in [-0.3, -0.25) is 4.79 Å². The molecule has 0 amide bonds. The van der Waals surface area contributed by atoms with E-state index in [4.69, 9.17) is 4.74 Å². The number of ether oxygens (including phenoxy) is 1. The highest BCUT2D eigenvalue weighted by atomic mass is 32.1. The third-order valence-electron chi connectivity index (χ3n) is 4.13. The Labute approximate surface area is 143 Å². The number of carbonyl (C=O) groups excluding carboxylic acids is 1. The summed E-state index contributed by atoms with van der Waals surface area (Å²) in [7, 11) is 1.53.